The first-order valence-electron chi connectivity index (χ1n) is 5.50. The SMILES string of the molecule is CNc1ccnc(C(=O)N(C)C(C)COC)c1. The van der Waals surface area contributed by atoms with Gasteiger partial charge in [0, 0.05) is 33.1 Å². The molecule has 1 heterocycles. The molecule has 1 unspecified atom stereocenters. The highest BCUT2D eigenvalue weighted by atomic mass is 16.5. The summed E-state index contributed by atoms with van der Waals surface area (Å²) in [6, 6.07) is 3.57. The fraction of sp³-hybridized carbons (Fsp3) is 0.500. The summed E-state index contributed by atoms with van der Waals surface area (Å²) >= 11 is 0. The largest absolute Gasteiger partial charge is 0.388 e. The Bertz CT molecular complexity index is 382. The summed E-state index contributed by atoms with van der Waals surface area (Å²) in [5.41, 5.74) is 1.30. The molecule has 1 N–H and O–H groups in total. The summed E-state index contributed by atoms with van der Waals surface area (Å²) in [6.45, 7) is 2.44. The zero-order valence-electron chi connectivity index (χ0n) is 10.7. The fourth-order valence-corrected chi connectivity index (χ4v) is 1.44. The van der Waals surface area contributed by atoms with Crippen molar-refractivity contribution in [3.8, 4) is 0 Å². The van der Waals surface area contributed by atoms with Gasteiger partial charge in [-0.2, -0.15) is 0 Å². The van der Waals surface area contributed by atoms with Crippen molar-refractivity contribution in [1.29, 1.82) is 0 Å². The Morgan fingerprint density at radius 1 is 1.65 bits per heavy atom. The van der Waals surface area contributed by atoms with Crippen molar-refractivity contribution in [2.24, 2.45) is 0 Å². The molecule has 5 heteroatoms. The highest BCUT2D eigenvalue weighted by Gasteiger charge is 2.18. The van der Waals surface area contributed by atoms with Crippen LogP contribution >= 0.6 is 0 Å². The number of anilines is 1. The van der Waals surface area contributed by atoms with Gasteiger partial charge in [-0.05, 0) is 19.1 Å². The standard InChI is InChI=1S/C12H19N3O2/c1-9(8-17-4)15(3)12(16)11-7-10(13-2)5-6-14-11/h5-7,9H,8H2,1-4H3,(H,13,14). The molecule has 0 spiro atoms. The molecule has 1 amide bonds. The molecule has 1 rings (SSSR count). The molecule has 5 nitrogen and oxygen atoms in total. The van der Waals surface area contributed by atoms with Gasteiger partial charge in [0.2, 0.25) is 0 Å². The molecule has 0 aliphatic heterocycles. The average Bonchev–Trinajstić information content (AvgIpc) is 2.37. The number of ether oxygens (including phenoxy) is 1. The Balaban J connectivity index is 2.80. The highest BCUT2D eigenvalue weighted by Crippen LogP contribution is 2.10. The number of nitrogens with one attached hydrogen (secondary N) is 1. The van der Waals surface area contributed by atoms with E-state index in [4.69, 9.17) is 4.74 Å². The normalized spacial score (nSPS) is 12.0. The minimum Gasteiger partial charge on any atom is -0.388 e. The van der Waals surface area contributed by atoms with Crippen LogP contribution in [0, 0.1) is 0 Å². The van der Waals surface area contributed by atoms with Crippen molar-refractivity contribution in [2.75, 3.05) is 33.1 Å². The first kappa shape index (κ1) is 13.4. The lowest BCUT2D eigenvalue weighted by atomic mass is 10.2. The van der Waals surface area contributed by atoms with E-state index in [1.54, 1.807) is 38.4 Å². The van der Waals surface area contributed by atoms with E-state index in [9.17, 15) is 4.79 Å². The number of hydrogen-bond donors (Lipinski definition) is 1. The summed E-state index contributed by atoms with van der Waals surface area (Å²) in [6.07, 6.45) is 1.62. The second-order valence-electron chi connectivity index (χ2n) is 3.90. The lowest BCUT2D eigenvalue weighted by molar-refractivity contribution is 0.0628. The van der Waals surface area contributed by atoms with E-state index in [-0.39, 0.29) is 11.9 Å². The summed E-state index contributed by atoms with van der Waals surface area (Å²) in [5.74, 6) is -0.105. The molecule has 0 aliphatic rings. The maximum atomic E-state index is 12.1. The molecule has 0 saturated carbocycles. The number of amides is 1. The molecular formula is C12H19N3O2. The van der Waals surface area contributed by atoms with E-state index < -0.39 is 0 Å². The molecule has 1 atom stereocenters. The fourth-order valence-electron chi connectivity index (χ4n) is 1.44. The van der Waals surface area contributed by atoms with Crippen molar-refractivity contribution >= 4 is 11.6 Å². The van der Waals surface area contributed by atoms with Crippen LogP contribution in [0.15, 0.2) is 18.3 Å². The third-order valence-electron chi connectivity index (χ3n) is 2.66. The first-order valence-corrected chi connectivity index (χ1v) is 5.50. The molecule has 0 fully saturated rings. The van der Waals surface area contributed by atoms with Gasteiger partial charge in [-0.3, -0.25) is 9.78 Å². The summed E-state index contributed by atoms with van der Waals surface area (Å²) in [5, 5.41) is 2.98. The molecule has 94 valence electrons. The van der Waals surface area contributed by atoms with Gasteiger partial charge < -0.3 is 15.0 Å². The van der Waals surface area contributed by atoms with Crippen LogP contribution < -0.4 is 5.32 Å². The Morgan fingerprint density at radius 3 is 2.94 bits per heavy atom. The third kappa shape index (κ3) is 3.42. The second kappa shape index (κ2) is 6.20. The quantitative estimate of drug-likeness (QED) is 0.837. The van der Waals surface area contributed by atoms with E-state index in [1.807, 2.05) is 13.0 Å². The van der Waals surface area contributed by atoms with E-state index in [0.29, 0.717) is 12.3 Å². The first-order chi connectivity index (χ1) is 8.10. The van der Waals surface area contributed by atoms with Crippen LogP contribution in [0.4, 0.5) is 5.69 Å². The number of aromatic nitrogens is 1. The molecule has 0 saturated heterocycles. The number of rotatable bonds is 5. The number of carbonyl (C=O) groups is 1. The van der Waals surface area contributed by atoms with E-state index in [2.05, 4.69) is 10.3 Å². The van der Waals surface area contributed by atoms with Gasteiger partial charge in [0.15, 0.2) is 0 Å². The summed E-state index contributed by atoms with van der Waals surface area (Å²) in [4.78, 5) is 17.8. The van der Waals surface area contributed by atoms with Crippen LogP contribution in [0.3, 0.4) is 0 Å². The van der Waals surface area contributed by atoms with Crippen LogP contribution in [-0.4, -0.2) is 49.6 Å². The predicted molar refractivity (Wildman–Crippen MR) is 67.2 cm³/mol. The molecule has 17 heavy (non-hydrogen) atoms. The maximum Gasteiger partial charge on any atom is 0.272 e. The van der Waals surface area contributed by atoms with Crippen LogP contribution in [0.5, 0.6) is 0 Å². The second-order valence-corrected chi connectivity index (χ2v) is 3.90. The molecule has 0 radical (unpaired) electrons. The molecule has 0 aliphatic carbocycles. The average molecular weight is 237 g/mol. The topological polar surface area (TPSA) is 54.5 Å². The van der Waals surface area contributed by atoms with Gasteiger partial charge in [0.1, 0.15) is 5.69 Å². The molecular weight excluding hydrogens is 218 g/mol. The lowest BCUT2D eigenvalue weighted by Crippen LogP contribution is -2.38. The minimum atomic E-state index is -0.105. The van der Waals surface area contributed by atoms with Crippen LogP contribution in [0.25, 0.3) is 0 Å². The summed E-state index contributed by atoms with van der Waals surface area (Å²) in [7, 11) is 5.18. The smallest absolute Gasteiger partial charge is 0.272 e. The van der Waals surface area contributed by atoms with Gasteiger partial charge in [-0.15, -0.1) is 0 Å². The van der Waals surface area contributed by atoms with Gasteiger partial charge in [0.25, 0.3) is 5.91 Å². The van der Waals surface area contributed by atoms with Crippen molar-refractivity contribution in [3.63, 3.8) is 0 Å². The molecule has 0 bridgehead atoms. The van der Waals surface area contributed by atoms with Gasteiger partial charge in [-0.25, -0.2) is 0 Å². The Hall–Kier alpha value is -1.62. The number of methoxy groups -OCH3 is 1. The molecule has 1 aromatic heterocycles. The zero-order chi connectivity index (χ0) is 12.8. The van der Waals surface area contributed by atoms with E-state index in [1.165, 1.54) is 0 Å². The van der Waals surface area contributed by atoms with Crippen molar-refractivity contribution in [3.05, 3.63) is 24.0 Å². The van der Waals surface area contributed by atoms with Crippen LogP contribution in [-0.2, 0) is 4.74 Å². The number of hydrogen-bond acceptors (Lipinski definition) is 4. The van der Waals surface area contributed by atoms with Gasteiger partial charge in [-0.1, -0.05) is 0 Å². The van der Waals surface area contributed by atoms with E-state index >= 15 is 0 Å². The third-order valence-corrected chi connectivity index (χ3v) is 2.66. The van der Waals surface area contributed by atoms with Gasteiger partial charge >= 0.3 is 0 Å². The number of carbonyl (C=O) groups excluding carboxylic acids is 1. The molecule has 1 aromatic rings. The Kier molecular flexibility index (Phi) is 4.90. The van der Waals surface area contributed by atoms with Crippen LogP contribution in [0.2, 0.25) is 0 Å². The minimum absolute atomic E-state index is 0.0209. The lowest BCUT2D eigenvalue weighted by Gasteiger charge is -2.24. The van der Waals surface area contributed by atoms with Gasteiger partial charge in [0.05, 0.1) is 12.6 Å². The van der Waals surface area contributed by atoms with Crippen molar-refractivity contribution in [2.45, 2.75) is 13.0 Å². The zero-order valence-corrected chi connectivity index (χ0v) is 10.7. The Morgan fingerprint density at radius 2 is 2.35 bits per heavy atom. The summed E-state index contributed by atoms with van der Waals surface area (Å²) < 4.78 is 5.03. The maximum absolute atomic E-state index is 12.1. The van der Waals surface area contributed by atoms with E-state index in [0.717, 1.165) is 5.69 Å². The number of likely N-dealkylation sites (N-methyl/N-ethyl adjacent to an activating group) is 1. The number of nitrogens with zero attached hydrogens (tertiary/aromatic N) is 2. The van der Waals surface area contributed by atoms with Crippen molar-refractivity contribution < 1.29 is 9.53 Å². The predicted octanol–water partition coefficient (Wildman–Crippen LogP) is 1.23. The number of pyridine rings is 1. The van der Waals surface area contributed by atoms with Crippen LogP contribution in [0.1, 0.15) is 17.4 Å². The van der Waals surface area contributed by atoms with Crippen molar-refractivity contribution in [1.82, 2.24) is 9.88 Å². The molecule has 0 aromatic carbocycles. The monoisotopic (exact) mass is 237 g/mol. The highest BCUT2D eigenvalue weighted by molar-refractivity contribution is 5.93. The Labute approximate surface area is 102 Å².